The largest absolute Gasteiger partial charge is 0.481 e. The highest BCUT2D eigenvalue weighted by Gasteiger charge is 2.27. The van der Waals surface area contributed by atoms with Crippen molar-refractivity contribution in [3.8, 4) is 5.06 Å². The Bertz CT molecular complexity index is 646. The van der Waals surface area contributed by atoms with Crippen LogP contribution in [0.2, 0.25) is 0 Å². The van der Waals surface area contributed by atoms with Crippen molar-refractivity contribution >= 4 is 21.4 Å². The van der Waals surface area contributed by atoms with Gasteiger partial charge in [-0.05, 0) is 44.7 Å². The van der Waals surface area contributed by atoms with Gasteiger partial charge in [-0.3, -0.25) is 0 Å². The molecule has 0 atom stereocenters. The maximum Gasteiger partial charge on any atom is 0.211 e. The molecule has 0 aliphatic carbocycles. The van der Waals surface area contributed by atoms with Crippen LogP contribution in [0, 0.1) is 0 Å². The number of nitrogens with zero attached hydrogens (tertiary/aromatic N) is 2. The van der Waals surface area contributed by atoms with Gasteiger partial charge in [0.05, 0.1) is 6.26 Å². The molecule has 0 amide bonds. The number of likely N-dealkylation sites (tertiary alicyclic amines) is 1. The minimum atomic E-state index is -3.11. The molecule has 1 fully saturated rings. The first-order chi connectivity index (χ1) is 10.8. The van der Waals surface area contributed by atoms with Crippen molar-refractivity contribution in [2.24, 2.45) is 0 Å². The predicted octanol–water partition coefficient (Wildman–Crippen LogP) is 2.32. The van der Waals surface area contributed by atoms with Crippen molar-refractivity contribution in [2.75, 3.05) is 25.9 Å². The molecule has 1 aromatic heterocycles. The van der Waals surface area contributed by atoms with Crippen molar-refractivity contribution in [1.29, 1.82) is 0 Å². The zero-order valence-corrected chi connectivity index (χ0v) is 15.8. The summed E-state index contributed by atoms with van der Waals surface area (Å²) in [6.45, 7) is 7.73. The summed E-state index contributed by atoms with van der Waals surface area (Å²) in [6.07, 6.45) is 4.49. The normalized spacial score (nSPS) is 21.6. The fraction of sp³-hybridized carbons (Fsp3) is 0.750. The van der Waals surface area contributed by atoms with Crippen LogP contribution in [0.25, 0.3) is 0 Å². The number of hydrogen-bond acceptors (Lipinski definition) is 5. The molecule has 3 heterocycles. The molecule has 0 saturated carbocycles. The smallest absolute Gasteiger partial charge is 0.211 e. The first-order valence-electron chi connectivity index (χ1n) is 8.30. The molecule has 23 heavy (non-hydrogen) atoms. The second-order valence-electron chi connectivity index (χ2n) is 6.81. The monoisotopic (exact) mass is 358 g/mol. The molecule has 0 radical (unpaired) electrons. The van der Waals surface area contributed by atoms with Crippen LogP contribution in [0.5, 0.6) is 5.06 Å². The third-order valence-electron chi connectivity index (χ3n) is 4.78. The minimum Gasteiger partial charge on any atom is -0.481 e. The van der Waals surface area contributed by atoms with Crippen molar-refractivity contribution < 1.29 is 13.2 Å². The molecule has 2 aliphatic rings. The van der Waals surface area contributed by atoms with Crippen molar-refractivity contribution in [1.82, 2.24) is 9.21 Å². The number of fused-ring (bicyclic) bond motifs is 1. The van der Waals surface area contributed by atoms with Crippen LogP contribution in [0.15, 0.2) is 6.07 Å². The Morgan fingerprint density at radius 1 is 1.26 bits per heavy atom. The highest BCUT2D eigenvalue weighted by molar-refractivity contribution is 7.88. The Labute approximate surface area is 143 Å². The molecule has 0 spiro atoms. The zero-order chi connectivity index (χ0) is 16.6. The van der Waals surface area contributed by atoms with Gasteiger partial charge in [-0.2, -0.15) is 4.31 Å². The summed E-state index contributed by atoms with van der Waals surface area (Å²) in [5.41, 5.74) is 1.25. The van der Waals surface area contributed by atoms with Gasteiger partial charge in [0.25, 0.3) is 0 Å². The number of piperidine rings is 1. The number of thiophene rings is 1. The van der Waals surface area contributed by atoms with Crippen molar-refractivity contribution in [3.63, 3.8) is 0 Å². The highest BCUT2D eigenvalue weighted by Crippen LogP contribution is 2.35. The average molecular weight is 359 g/mol. The van der Waals surface area contributed by atoms with Crippen LogP contribution in [0.3, 0.4) is 0 Å². The van der Waals surface area contributed by atoms with E-state index in [2.05, 4.69) is 24.8 Å². The van der Waals surface area contributed by atoms with Gasteiger partial charge in [0, 0.05) is 37.1 Å². The van der Waals surface area contributed by atoms with Gasteiger partial charge in [-0.25, -0.2) is 8.42 Å². The first kappa shape index (κ1) is 17.2. The topological polar surface area (TPSA) is 49.9 Å². The van der Waals surface area contributed by atoms with E-state index in [0.717, 1.165) is 42.3 Å². The highest BCUT2D eigenvalue weighted by atomic mass is 32.2. The Hall–Kier alpha value is -0.630. The maximum atomic E-state index is 11.7. The summed E-state index contributed by atoms with van der Waals surface area (Å²) < 4.78 is 31.1. The molecule has 3 rings (SSSR count). The quantitative estimate of drug-likeness (QED) is 0.829. The fourth-order valence-electron chi connectivity index (χ4n) is 3.28. The summed E-state index contributed by atoms with van der Waals surface area (Å²) in [7, 11) is -3.11. The van der Waals surface area contributed by atoms with Gasteiger partial charge >= 0.3 is 0 Å². The second kappa shape index (κ2) is 6.70. The molecule has 0 unspecified atom stereocenters. The summed E-state index contributed by atoms with van der Waals surface area (Å²) in [5.74, 6) is 0. The van der Waals surface area contributed by atoms with Gasteiger partial charge in [0.15, 0.2) is 5.06 Å². The summed E-state index contributed by atoms with van der Waals surface area (Å²) in [6, 6.07) is 2.72. The molecule has 1 saturated heterocycles. The third kappa shape index (κ3) is 4.07. The van der Waals surface area contributed by atoms with E-state index in [1.54, 1.807) is 15.6 Å². The average Bonchev–Trinajstić information content (AvgIpc) is 2.88. The lowest BCUT2D eigenvalue weighted by molar-refractivity contribution is 0.0868. The Morgan fingerprint density at radius 2 is 1.96 bits per heavy atom. The number of hydrogen-bond donors (Lipinski definition) is 0. The lowest BCUT2D eigenvalue weighted by atomic mass is 10.1. The molecule has 130 valence electrons. The maximum absolute atomic E-state index is 11.7. The molecule has 1 aromatic rings. The lowest BCUT2D eigenvalue weighted by Crippen LogP contribution is -2.41. The Morgan fingerprint density at radius 3 is 2.57 bits per heavy atom. The third-order valence-corrected chi connectivity index (χ3v) is 7.09. The number of ether oxygens (including phenoxy) is 1. The molecule has 7 heteroatoms. The molecule has 5 nitrogen and oxygen atoms in total. The number of sulfonamides is 1. The summed E-state index contributed by atoms with van der Waals surface area (Å²) >= 11 is 1.61. The van der Waals surface area contributed by atoms with E-state index in [1.807, 2.05) is 0 Å². The molecule has 0 bridgehead atoms. The molecule has 0 aromatic carbocycles. The van der Waals surface area contributed by atoms with Crippen LogP contribution < -0.4 is 4.74 Å². The predicted molar refractivity (Wildman–Crippen MR) is 93.6 cm³/mol. The van der Waals surface area contributed by atoms with E-state index in [9.17, 15) is 8.42 Å². The molecule has 2 aliphatic heterocycles. The van der Waals surface area contributed by atoms with Crippen LogP contribution in [-0.4, -0.2) is 55.7 Å². The van der Waals surface area contributed by atoms with Crippen molar-refractivity contribution in [3.05, 3.63) is 16.5 Å². The van der Waals surface area contributed by atoms with Gasteiger partial charge in [-0.15, -0.1) is 11.3 Å². The van der Waals surface area contributed by atoms with E-state index in [4.69, 9.17) is 4.74 Å². The molecular formula is C16H26N2O3S2. The van der Waals surface area contributed by atoms with Gasteiger partial charge in [-0.1, -0.05) is 0 Å². The van der Waals surface area contributed by atoms with Crippen LogP contribution in [0.1, 0.15) is 37.1 Å². The first-order valence-corrected chi connectivity index (χ1v) is 11.0. The Kier molecular flexibility index (Phi) is 5.01. The van der Waals surface area contributed by atoms with Crippen LogP contribution >= 0.6 is 11.3 Å². The standard InChI is InChI=1S/C16H26N2O3S2/c1-12(2)17-7-5-14(6-8-17)21-16-10-13-4-9-18(23(3,19)20)11-15(13)22-16/h10,12,14H,4-9,11H2,1-3H3. The zero-order valence-electron chi connectivity index (χ0n) is 14.1. The van der Waals surface area contributed by atoms with E-state index >= 15 is 0 Å². The molecule has 0 N–H and O–H groups in total. The minimum absolute atomic E-state index is 0.288. The van der Waals surface area contributed by atoms with E-state index in [1.165, 1.54) is 11.8 Å². The van der Waals surface area contributed by atoms with E-state index < -0.39 is 10.0 Å². The SMILES string of the molecule is CC(C)N1CCC(Oc2cc3c(s2)CN(S(C)(=O)=O)CC3)CC1. The number of rotatable bonds is 4. The van der Waals surface area contributed by atoms with Crippen LogP contribution in [0.4, 0.5) is 0 Å². The second-order valence-corrected chi connectivity index (χ2v) is 9.89. The van der Waals surface area contributed by atoms with E-state index in [-0.39, 0.29) is 6.10 Å². The van der Waals surface area contributed by atoms with Gasteiger partial charge in [0.2, 0.25) is 10.0 Å². The fourth-order valence-corrected chi connectivity index (χ4v) is 5.29. The summed E-state index contributed by atoms with van der Waals surface area (Å²) in [4.78, 5) is 3.62. The van der Waals surface area contributed by atoms with Gasteiger partial charge < -0.3 is 9.64 Å². The van der Waals surface area contributed by atoms with Gasteiger partial charge in [0.1, 0.15) is 6.10 Å². The van der Waals surface area contributed by atoms with Crippen LogP contribution in [-0.2, 0) is 23.0 Å². The molecular weight excluding hydrogens is 332 g/mol. The van der Waals surface area contributed by atoms with Crippen molar-refractivity contribution in [2.45, 2.75) is 51.8 Å². The lowest BCUT2D eigenvalue weighted by Gasteiger charge is -2.34. The Balaban J connectivity index is 1.60. The van der Waals surface area contributed by atoms with E-state index in [0.29, 0.717) is 19.1 Å². The summed E-state index contributed by atoms with van der Waals surface area (Å²) in [5, 5.41) is 0.952.